The van der Waals surface area contributed by atoms with Crippen molar-refractivity contribution in [3.63, 3.8) is 0 Å². The maximum atomic E-state index is 13.5. The Morgan fingerprint density at radius 1 is 0.875 bits per heavy atom. The number of hydrogen-bond donors (Lipinski definition) is 1. The molecule has 0 saturated carbocycles. The molecule has 1 amide bonds. The van der Waals surface area contributed by atoms with Gasteiger partial charge in [-0.2, -0.15) is 0 Å². The minimum atomic E-state index is -0.757. The van der Waals surface area contributed by atoms with Crippen molar-refractivity contribution >= 4 is 17.4 Å². The third-order valence-electron chi connectivity index (χ3n) is 6.95. The highest BCUT2D eigenvalue weighted by Crippen LogP contribution is 2.42. The van der Waals surface area contributed by atoms with Crippen molar-refractivity contribution in [2.24, 2.45) is 0 Å². The predicted molar refractivity (Wildman–Crippen MR) is 157 cm³/mol. The molecule has 1 atom stereocenters. The minimum absolute atomic E-state index is 0.0692. The number of aliphatic hydroxyl groups excluding tert-OH is 1. The van der Waals surface area contributed by atoms with E-state index in [4.69, 9.17) is 14.2 Å². The van der Waals surface area contributed by atoms with Crippen LogP contribution in [0.2, 0.25) is 0 Å². The summed E-state index contributed by atoms with van der Waals surface area (Å²) in [5.41, 5.74) is 1.20. The molecule has 0 aromatic heterocycles. The van der Waals surface area contributed by atoms with Gasteiger partial charge in [0.05, 0.1) is 31.4 Å². The molecule has 0 bridgehead atoms. The molecule has 0 aliphatic carbocycles. The zero-order valence-electron chi connectivity index (χ0n) is 24.6. The molecule has 40 heavy (non-hydrogen) atoms. The monoisotopic (exact) mass is 552 g/mol. The molecule has 2 aromatic rings. The number of carbonyl (C=O) groups excluding carboxylic acids is 2. The maximum absolute atomic E-state index is 13.5. The summed E-state index contributed by atoms with van der Waals surface area (Å²) in [4.78, 5) is 30.7. The van der Waals surface area contributed by atoms with Gasteiger partial charge in [0.2, 0.25) is 0 Å². The number of benzene rings is 2. The number of hydrogen-bond acceptors (Lipinski definition) is 7. The van der Waals surface area contributed by atoms with Crippen LogP contribution in [0.1, 0.15) is 71.0 Å². The lowest BCUT2D eigenvalue weighted by Crippen LogP contribution is -2.33. The van der Waals surface area contributed by atoms with Crippen molar-refractivity contribution in [1.29, 1.82) is 0 Å². The summed E-state index contributed by atoms with van der Waals surface area (Å²) >= 11 is 0. The molecule has 3 rings (SSSR count). The molecule has 1 fully saturated rings. The van der Waals surface area contributed by atoms with Crippen molar-refractivity contribution in [3.8, 4) is 17.2 Å². The standard InChI is InChI=1S/C32H44N2O6/c1-6-20-39-25-15-12-23(13-16-25)30(35)28-29(24-14-17-26(40-21-7-2)27(22-24)38-10-5)34(32(37)31(28)36)19-11-18-33(8-3)9-4/h12-17,22,29,35H,6-11,18-21H2,1-5H3/b30-28+. The number of nitrogens with zero attached hydrogens (tertiary/aromatic N) is 2. The summed E-state index contributed by atoms with van der Waals surface area (Å²) in [6, 6.07) is 11.6. The molecule has 1 saturated heterocycles. The highest BCUT2D eigenvalue weighted by Gasteiger charge is 2.46. The fourth-order valence-electron chi connectivity index (χ4n) is 4.84. The molecule has 218 valence electrons. The molecule has 1 heterocycles. The minimum Gasteiger partial charge on any atom is -0.507 e. The summed E-state index contributed by atoms with van der Waals surface area (Å²) < 4.78 is 17.4. The Morgan fingerprint density at radius 3 is 2.17 bits per heavy atom. The van der Waals surface area contributed by atoms with Crippen molar-refractivity contribution in [2.45, 2.75) is 59.9 Å². The zero-order valence-corrected chi connectivity index (χ0v) is 24.6. The smallest absolute Gasteiger partial charge is 0.295 e. The number of rotatable bonds is 16. The van der Waals surface area contributed by atoms with E-state index in [0.29, 0.717) is 61.2 Å². The second-order valence-corrected chi connectivity index (χ2v) is 9.73. The Hall–Kier alpha value is -3.52. The molecule has 1 unspecified atom stereocenters. The van der Waals surface area contributed by atoms with Gasteiger partial charge in [-0.05, 0) is 87.8 Å². The first-order valence-corrected chi connectivity index (χ1v) is 14.5. The molecule has 0 spiro atoms. The Morgan fingerprint density at radius 2 is 1.55 bits per heavy atom. The van der Waals surface area contributed by atoms with Crippen LogP contribution in [0.5, 0.6) is 17.2 Å². The SMILES string of the molecule is CCCOc1ccc(/C(O)=C2\C(=O)C(=O)N(CCCN(CC)CC)C2c2ccc(OCCC)c(OCC)c2)cc1. The van der Waals surface area contributed by atoms with Gasteiger partial charge in [-0.15, -0.1) is 0 Å². The van der Waals surface area contributed by atoms with Crippen LogP contribution in [-0.2, 0) is 9.59 Å². The fourth-order valence-corrected chi connectivity index (χ4v) is 4.84. The fraction of sp³-hybridized carbons (Fsp3) is 0.500. The van der Waals surface area contributed by atoms with Gasteiger partial charge in [0.1, 0.15) is 11.5 Å². The summed E-state index contributed by atoms with van der Waals surface area (Å²) in [5, 5.41) is 11.4. The Labute approximate surface area is 238 Å². The van der Waals surface area contributed by atoms with Crippen LogP contribution >= 0.6 is 0 Å². The first-order valence-electron chi connectivity index (χ1n) is 14.5. The van der Waals surface area contributed by atoms with Crippen LogP contribution in [0.3, 0.4) is 0 Å². The maximum Gasteiger partial charge on any atom is 0.295 e. The summed E-state index contributed by atoms with van der Waals surface area (Å²) in [7, 11) is 0. The summed E-state index contributed by atoms with van der Waals surface area (Å²) in [5.74, 6) is 0.309. The first-order chi connectivity index (χ1) is 19.4. The van der Waals surface area contributed by atoms with E-state index in [1.807, 2.05) is 39.0 Å². The van der Waals surface area contributed by atoms with E-state index in [1.54, 1.807) is 29.2 Å². The number of ketones is 1. The lowest BCUT2D eigenvalue weighted by Gasteiger charge is -2.27. The number of aliphatic hydroxyl groups is 1. The third-order valence-corrected chi connectivity index (χ3v) is 6.95. The Balaban J connectivity index is 2.06. The van der Waals surface area contributed by atoms with Crippen molar-refractivity contribution in [3.05, 3.63) is 59.2 Å². The van der Waals surface area contributed by atoms with E-state index >= 15 is 0 Å². The normalized spacial score (nSPS) is 16.6. The third kappa shape index (κ3) is 7.36. The van der Waals surface area contributed by atoms with E-state index in [9.17, 15) is 14.7 Å². The van der Waals surface area contributed by atoms with Gasteiger partial charge in [0, 0.05) is 12.1 Å². The average Bonchev–Trinajstić information content (AvgIpc) is 3.22. The first kappa shape index (κ1) is 31.0. The molecule has 8 nitrogen and oxygen atoms in total. The van der Waals surface area contributed by atoms with E-state index in [1.165, 1.54) is 0 Å². The van der Waals surface area contributed by atoms with Crippen molar-refractivity contribution < 1.29 is 28.9 Å². The van der Waals surface area contributed by atoms with Crippen LogP contribution in [0.4, 0.5) is 0 Å². The van der Waals surface area contributed by atoms with Crippen LogP contribution in [0, 0.1) is 0 Å². The summed E-state index contributed by atoms with van der Waals surface area (Å²) in [6.07, 6.45) is 2.43. The molecule has 1 N–H and O–H groups in total. The second-order valence-electron chi connectivity index (χ2n) is 9.73. The molecular formula is C32H44N2O6. The van der Waals surface area contributed by atoms with Gasteiger partial charge in [-0.3, -0.25) is 9.59 Å². The quantitative estimate of drug-likeness (QED) is 0.160. The van der Waals surface area contributed by atoms with Gasteiger partial charge in [0.15, 0.2) is 11.5 Å². The van der Waals surface area contributed by atoms with Gasteiger partial charge in [-0.25, -0.2) is 0 Å². The molecular weight excluding hydrogens is 508 g/mol. The summed E-state index contributed by atoms with van der Waals surface area (Å²) in [6.45, 7) is 14.7. The Bertz CT molecular complexity index is 1160. The number of likely N-dealkylation sites (tertiary alicyclic amines) is 1. The number of ether oxygens (including phenoxy) is 3. The molecule has 1 aliphatic rings. The van der Waals surface area contributed by atoms with Gasteiger partial charge in [-0.1, -0.05) is 33.8 Å². The van der Waals surface area contributed by atoms with E-state index in [0.717, 1.165) is 32.5 Å². The van der Waals surface area contributed by atoms with E-state index in [2.05, 4.69) is 18.7 Å². The highest BCUT2D eigenvalue weighted by atomic mass is 16.5. The van der Waals surface area contributed by atoms with E-state index in [-0.39, 0.29) is 11.3 Å². The average molecular weight is 553 g/mol. The molecule has 0 radical (unpaired) electrons. The number of Topliss-reactive ketones (excluding diaryl/α,β-unsaturated/α-hetero) is 1. The zero-order chi connectivity index (χ0) is 29.1. The van der Waals surface area contributed by atoms with Crippen molar-refractivity contribution in [1.82, 2.24) is 9.80 Å². The highest BCUT2D eigenvalue weighted by molar-refractivity contribution is 6.46. The van der Waals surface area contributed by atoms with Crippen LogP contribution in [0.25, 0.3) is 5.76 Å². The van der Waals surface area contributed by atoms with Crippen LogP contribution < -0.4 is 14.2 Å². The molecule has 1 aliphatic heterocycles. The molecule has 2 aromatic carbocycles. The number of amides is 1. The van der Waals surface area contributed by atoms with E-state index < -0.39 is 17.7 Å². The van der Waals surface area contributed by atoms with Crippen LogP contribution in [0.15, 0.2) is 48.0 Å². The van der Waals surface area contributed by atoms with Crippen LogP contribution in [-0.4, -0.2) is 72.6 Å². The topological polar surface area (TPSA) is 88.5 Å². The Kier molecular flexibility index (Phi) is 11.9. The van der Waals surface area contributed by atoms with Crippen molar-refractivity contribution in [2.75, 3.05) is 46.0 Å². The lowest BCUT2D eigenvalue weighted by atomic mass is 9.95. The van der Waals surface area contributed by atoms with Gasteiger partial charge >= 0.3 is 0 Å². The van der Waals surface area contributed by atoms with Gasteiger partial charge in [0.25, 0.3) is 11.7 Å². The lowest BCUT2D eigenvalue weighted by molar-refractivity contribution is -0.140. The molecule has 8 heteroatoms. The largest absolute Gasteiger partial charge is 0.507 e. The number of carbonyl (C=O) groups is 2. The van der Waals surface area contributed by atoms with Gasteiger partial charge < -0.3 is 29.1 Å². The second kappa shape index (κ2) is 15.3. The predicted octanol–water partition coefficient (Wildman–Crippen LogP) is 5.82.